The second kappa shape index (κ2) is 16.1. The van der Waals surface area contributed by atoms with Crippen LogP contribution in [0.25, 0.3) is 5.57 Å². The Morgan fingerprint density at radius 1 is 1.06 bits per heavy atom. The minimum Gasteiger partial charge on any atom is -0.299 e. The van der Waals surface area contributed by atoms with E-state index in [0.29, 0.717) is 5.92 Å². The molecule has 2 aromatic rings. The minimum atomic E-state index is 0.596. The van der Waals surface area contributed by atoms with Crippen LogP contribution in [-0.4, -0.2) is 29.5 Å². The predicted octanol–water partition coefficient (Wildman–Crippen LogP) is 9.37. The van der Waals surface area contributed by atoms with E-state index in [1.807, 2.05) is 26.0 Å². The van der Waals surface area contributed by atoms with E-state index in [1.165, 1.54) is 42.4 Å². The molecule has 182 valence electrons. The Kier molecular flexibility index (Phi) is 14.3. The maximum absolute atomic E-state index is 6.08. The van der Waals surface area contributed by atoms with Gasteiger partial charge < -0.3 is 0 Å². The first-order chi connectivity index (χ1) is 15.7. The number of rotatable bonds is 5. The highest BCUT2D eigenvalue weighted by Crippen LogP contribution is 2.32. The average molecular weight is 490 g/mol. The summed E-state index contributed by atoms with van der Waals surface area (Å²) in [5.41, 5.74) is 5.97. The monoisotopic (exact) mass is 488 g/mol. The molecule has 0 saturated carbocycles. The molecule has 0 N–H and O–H groups in total. The van der Waals surface area contributed by atoms with Gasteiger partial charge in [0.1, 0.15) is 0 Å². The van der Waals surface area contributed by atoms with E-state index in [2.05, 4.69) is 62.4 Å². The van der Waals surface area contributed by atoms with Crippen LogP contribution in [-0.2, 0) is 0 Å². The summed E-state index contributed by atoms with van der Waals surface area (Å²) in [5.74, 6) is 0.596. The van der Waals surface area contributed by atoms with Crippen LogP contribution in [0.3, 0.4) is 0 Å². The molecule has 1 saturated heterocycles. The Morgan fingerprint density at radius 3 is 2.06 bits per heavy atom. The van der Waals surface area contributed by atoms with E-state index in [4.69, 9.17) is 23.2 Å². The summed E-state index contributed by atoms with van der Waals surface area (Å²) in [4.78, 5) is 6.67. The summed E-state index contributed by atoms with van der Waals surface area (Å²) in [7, 11) is 0. The molecule has 0 aliphatic carbocycles. The second-order valence-corrected chi connectivity index (χ2v) is 9.76. The first-order valence-electron chi connectivity index (χ1n) is 12.1. The molecular weight excluding hydrogens is 447 g/mol. The van der Waals surface area contributed by atoms with E-state index >= 15 is 0 Å². The van der Waals surface area contributed by atoms with Crippen LogP contribution in [0.15, 0.2) is 54.8 Å². The fourth-order valence-corrected chi connectivity index (χ4v) is 3.99. The summed E-state index contributed by atoms with van der Waals surface area (Å²) in [6.07, 6.45) is 9.02. The summed E-state index contributed by atoms with van der Waals surface area (Å²) in [6, 6.07) is 9.93. The van der Waals surface area contributed by atoms with Gasteiger partial charge in [-0.3, -0.25) is 9.88 Å². The number of benzene rings is 1. The van der Waals surface area contributed by atoms with Crippen molar-refractivity contribution in [3.05, 3.63) is 81.6 Å². The number of nitrogens with zero attached hydrogens (tertiary/aromatic N) is 2. The first-order valence-corrected chi connectivity index (χ1v) is 12.8. The van der Waals surface area contributed by atoms with Crippen molar-refractivity contribution in [1.29, 1.82) is 0 Å². The molecule has 0 atom stereocenters. The van der Waals surface area contributed by atoms with Crippen molar-refractivity contribution < 1.29 is 0 Å². The fourth-order valence-electron chi connectivity index (χ4n) is 3.45. The molecule has 2 heterocycles. The fraction of sp³-hybridized carbons (Fsp3) is 0.483. The molecule has 0 bridgehead atoms. The van der Waals surface area contributed by atoms with E-state index < -0.39 is 0 Å². The summed E-state index contributed by atoms with van der Waals surface area (Å²) in [6.45, 7) is 19.9. The molecule has 0 amide bonds. The van der Waals surface area contributed by atoms with Crippen molar-refractivity contribution in [2.24, 2.45) is 0 Å². The van der Waals surface area contributed by atoms with Crippen LogP contribution in [0.4, 0.5) is 0 Å². The smallest absolute Gasteiger partial charge is 0.0655 e. The van der Waals surface area contributed by atoms with Gasteiger partial charge in [-0.25, -0.2) is 0 Å². The Morgan fingerprint density at radius 2 is 1.64 bits per heavy atom. The molecule has 2 nitrogen and oxygen atoms in total. The third-order valence-electron chi connectivity index (χ3n) is 5.76. The summed E-state index contributed by atoms with van der Waals surface area (Å²) >= 11 is 12.2. The van der Waals surface area contributed by atoms with Crippen molar-refractivity contribution >= 4 is 28.8 Å². The standard InChI is InChI=1S/C16H21Cl2N.C9H11N.C4H10/c1-3-12(2)11-19-6-4-13(5-7-19)14-8-15(17)10-16(18)9-14;1-7(2)9-6-8(3)4-5-10-9;1-3-4-2/h3,8-10,13H,4-7,11H2,1-2H3;4-6H,1H2,2-3H3;3-4H2,1-2H3/b12-3+;;. The van der Waals surface area contributed by atoms with Crippen molar-refractivity contribution in [3.8, 4) is 0 Å². The molecule has 3 rings (SSSR count). The minimum absolute atomic E-state index is 0.596. The highest BCUT2D eigenvalue weighted by molar-refractivity contribution is 6.34. The molecule has 1 aliphatic rings. The van der Waals surface area contributed by atoms with E-state index in [-0.39, 0.29) is 0 Å². The molecule has 1 fully saturated rings. The number of halogens is 2. The van der Waals surface area contributed by atoms with E-state index in [9.17, 15) is 0 Å². The van der Waals surface area contributed by atoms with Gasteiger partial charge in [-0.15, -0.1) is 0 Å². The van der Waals surface area contributed by atoms with Gasteiger partial charge in [0, 0.05) is 22.8 Å². The molecule has 1 aromatic heterocycles. The van der Waals surface area contributed by atoms with Crippen molar-refractivity contribution in [2.45, 2.75) is 73.1 Å². The van der Waals surface area contributed by atoms with Gasteiger partial charge in [-0.05, 0) is 107 Å². The van der Waals surface area contributed by atoms with Gasteiger partial charge in [-0.2, -0.15) is 0 Å². The Labute approximate surface area is 212 Å². The Bertz CT molecular complexity index is 859. The zero-order chi connectivity index (χ0) is 24.8. The van der Waals surface area contributed by atoms with Crippen LogP contribution in [0.5, 0.6) is 0 Å². The first kappa shape index (κ1) is 29.4. The largest absolute Gasteiger partial charge is 0.299 e. The van der Waals surface area contributed by atoms with Gasteiger partial charge in [-0.1, -0.05) is 68.1 Å². The van der Waals surface area contributed by atoms with Crippen LogP contribution >= 0.6 is 23.2 Å². The van der Waals surface area contributed by atoms with Crippen LogP contribution in [0, 0.1) is 6.92 Å². The van der Waals surface area contributed by atoms with Crippen LogP contribution in [0.2, 0.25) is 10.0 Å². The lowest BCUT2D eigenvalue weighted by molar-refractivity contribution is 0.228. The molecule has 4 heteroatoms. The van der Waals surface area contributed by atoms with Gasteiger partial charge >= 0.3 is 0 Å². The maximum Gasteiger partial charge on any atom is 0.0655 e. The lowest BCUT2D eigenvalue weighted by Crippen LogP contribution is -2.34. The van der Waals surface area contributed by atoms with Gasteiger partial charge in [0.15, 0.2) is 0 Å². The molecule has 0 spiro atoms. The number of piperidine rings is 1. The van der Waals surface area contributed by atoms with E-state index in [1.54, 1.807) is 12.3 Å². The lowest BCUT2D eigenvalue weighted by Gasteiger charge is -2.32. The second-order valence-electron chi connectivity index (χ2n) is 8.89. The SMILES string of the molecule is C/C=C(\C)CN1CCC(c2cc(Cl)cc(Cl)c2)CC1.C=C(C)c1cc(C)ccn1.CCCC. The van der Waals surface area contributed by atoms with Crippen molar-refractivity contribution in [3.63, 3.8) is 0 Å². The Hall–Kier alpha value is -1.61. The van der Waals surface area contributed by atoms with Crippen LogP contribution in [0.1, 0.15) is 83.0 Å². The average Bonchev–Trinajstić information content (AvgIpc) is 2.79. The van der Waals surface area contributed by atoms with Crippen LogP contribution < -0.4 is 0 Å². The van der Waals surface area contributed by atoms with Crippen molar-refractivity contribution in [1.82, 2.24) is 9.88 Å². The highest BCUT2D eigenvalue weighted by atomic mass is 35.5. The third kappa shape index (κ3) is 11.9. The van der Waals surface area contributed by atoms with E-state index in [0.717, 1.165) is 40.9 Å². The Balaban J connectivity index is 0.000000325. The number of aromatic nitrogens is 1. The molecule has 33 heavy (non-hydrogen) atoms. The van der Waals surface area contributed by atoms with Gasteiger partial charge in [0.2, 0.25) is 0 Å². The molecule has 0 radical (unpaired) electrons. The number of hydrogen-bond acceptors (Lipinski definition) is 2. The predicted molar refractivity (Wildman–Crippen MR) is 149 cm³/mol. The van der Waals surface area contributed by atoms with Gasteiger partial charge in [0.25, 0.3) is 0 Å². The number of aryl methyl sites for hydroxylation is 1. The third-order valence-corrected chi connectivity index (χ3v) is 6.20. The number of allylic oxidation sites excluding steroid dienone is 2. The number of hydrogen-bond donors (Lipinski definition) is 0. The highest BCUT2D eigenvalue weighted by Gasteiger charge is 2.21. The van der Waals surface area contributed by atoms with Gasteiger partial charge in [0.05, 0.1) is 5.69 Å². The maximum atomic E-state index is 6.08. The summed E-state index contributed by atoms with van der Waals surface area (Å²) < 4.78 is 0. The van der Waals surface area contributed by atoms with Crippen molar-refractivity contribution in [2.75, 3.05) is 19.6 Å². The number of likely N-dealkylation sites (tertiary alicyclic amines) is 1. The molecule has 1 aromatic carbocycles. The molecule has 0 unspecified atom stereocenters. The molecular formula is C29H42Cl2N2. The topological polar surface area (TPSA) is 16.1 Å². The lowest BCUT2D eigenvalue weighted by atomic mass is 9.89. The quantitative estimate of drug-likeness (QED) is 0.389. The zero-order valence-corrected chi connectivity index (χ0v) is 22.9. The summed E-state index contributed by atoms with van der Waals surface area (Å²) in [5, 5.41) is 1.49. The zero-order valence-electron chi connectivity index (χ0n) is 21.4. The molecule has 1 aliphatic heterocycles. The number of pyridine rings is 1. The normalized spacial score (nSPS) is 14.6. The number of unbranched alkanes of at least 4 members (excludes halogenated alkanes) is 1.